The van der Waals surface area contributed by atoms with Crippen LogP contribution in [0.1, 0.15) is 37.4 Å². The fourth-order valence-corrected chi connectivity index (χ4v) is 2.88. The van der Waals surface area contributed by atoms with Gasteiger partial charge in [0.05, 0.1) is 19.3 Å². The predicted octanol–water partition coefficient (Wildman–Crippen LogP) is 2.37. The van der Waals surface area contributed by atoms with E-state index in [9.17, 15) is 5.11 Å². The number of benzene rings is 1. The molecule has 1 fully saturated rings. The first-order chi connectivity index (χ1) is 9.83. The minimum absolute atomic E-state index is 0.453. The van der Waals surface area contributed by atoms with E-state index in [1.807, 2.05) is 18.2 Å². The lowest BCUT2D eigenvalue weighted by atomic mass is 10.1. The first-order valence-electron chi connectivity index (χ1n) is 7.63. The Kier molecular flexibility index (Phi) is 4.43. The first-order valence-corrected chi connectivity index (χ1v) is 7.63. The van der Waals surface area contributed by atoms with Gasteiger partial charge in [0.2, 0.25) is 0 Å². The zero-order valence-electron chi connectivity index (χ0n) is 11.9. The molecule has 0 bridgehead atoms. The van der Waals surface area contributed by atoms with Gasteiger partial charge in [0.1, 0.15) is 0 Å². The molecule has 2 aliphatic rings. The molecule has 0 aliphatic carbocycles. The molecule has 110 valence electrons. The topological polar surface area (TPSA) is 41.9 Å². The van der Waals surface area contributed by atoms with E-state index in [1.54, 1.807) is 0 Å². The second-order valence-electron chi connectivity index (χ2n) is 5.63. The monoisotopic (exact) mass is 277 g/mol. The van der Waals surface area contributed by atoms with Gasteiger partial charge in [-0.1, -0.05) is 12.5 Å². The van der Waals surface area contributed by atoms with Gasteiger partial charge >= 0.3 is 0 Å². The van der Waals surface area contributed by atoms with Gasteiger partial charge in [0.15, 0.2) is 11.5 Å². The third-order valence-electron chi connectivity index (χ3n) is 4.04. The Bertz CT molecular complexity index is 443. The Balaban J connectivity index is 1.67. The molecule has 0 saturated carbocycles. The molecule has 1 saturated heterocycles. The van der Waals surface area contributed by atoms with E-state index in [0.717, 1.165) is 36.6 Å². The van der Waals surface area contributed by atoms with Crippen LogP contribution in [0.2, 0.25) is 0 Å². The van der Waals surface area contributed by atoms with Crippen molar-refractivity contribution in [1.82, 2.24) is 4.90 Å². The SMILES string of the molecule is O[C@@H](CN1CCCCC1)c1ccc2c(c1)OCCCO2. The molecule has 1 atom stereocenters. The molecule has 0 radical (unpaired) electrons. The summed E-state index contributed by atoms with van der Waals surface area (Å²) < 4.78 is 11.3. The number of hydrogen-bond acceptors (Lipinski definition) is 4. The maximum absolute atomic E-state index is 10.4. The highest BCUT2D eigenvalue weighted by molar-refractivity contribution is 5.44. The van der Waals surface area contributed by atoms with Crippen LogP contribution in [0.15, 0.2) is 18.2 Å². The number of aliphatic hydroxyl groups is 1. The van der Waals surface area contributed by atoms with Gasteiger partial charge in [-0.3, -0.25) is 0 Å². The molecule has 1 aromatic carbocycles. The van der Waals surface area contributed by atoms with Crippen LogP contribution >= 0.6 is 0 Å². The maximum atomic E-state index is 10.4. The number of β-amino-alcohol motifs (C(OH)–C–C–N with tert-alkyl or cyclic N) is 1. The lowest BCUT2D eigenvalue weighted by Crippen LogP contribution is -2.33. The summed E-state index contributed by atoms with van der Waals surface area (Å²) in [5, 5.41) is 10.4. The van der Waals surface area contributed by atoms with E-state index < -0.39 is 6.10 Å². The normalized spacial score (nSPS) is 21.2. The van der Waals surface area contributed by atoms with Crippen LogP contribution in [0.4, 0.5) is 0 Å². The van der Waals surface area contributed by atoms with E-state index in [2.05, 4.69) is 4.90 Å². The molecule has 3 rings (SSSR count). The summed E-state index contributed by atoms with van der Waals surface area (Å²) in [5.74, 6) is 1.55. The highest BCUT2D eigenvalue weighted by Crippen LogP contribution is 2.32. The lowest BCUT2D eigenvalue weighted by Gasteiger charge is -2.28. The number of hydrogen-bond donors (Lipinski definition) is 1. The van der Waals surface area contributed by atoms with Crippen LogP contribution in [0.3, 0.4) is 0 Å². The molecule has 0 amide bonds. The average Bonchev–Trinajstić information content (AvgIpc) is 2.72. The molecule has 0 unspecified atom stereocenters. The molecular weight excluding hydrogens is 254 g/mol. The second kappa shape index (κ2) is 6.46. The summed E-state index contributed by atoms with van der Waals surface area (Å²) in [5.41, 5.74) is 0.917. The Hall–Kier alpha value is -1.26. The van der Waals surface area contributed by atoms with Crippen LogP contribution in [0, 0.1) is 0 Å². The third kappa shape index (κ3) is 3.25. The third-order valence-corrected chi connectivity index (χ3v) is 4.04. The summed E-state index contributed by atoms with van der Waals surface area (Å²) in [7, 11) is 0. The lowest BCUT2D eigenvalue weighted by molar-refractivity contribution is 0.101. The van der Waals surface area contributed by atoms with Crippen LogP contribution in [0.25, 0.3) is 0 Å². The maximum Gasteiger partial charge on any atom is 0.161 e. The van der Waals surface area contributed by atoms with Gasteiger partial charge in [0.25, 0.3) is 0 Å². The number of rotatable bonds is 3. The van der Waals surface area contributed by atoms with Crippen LogP contribution in [-0.4, -0.2) is 42.9 Å². The quantitative estimate of drug-likeness (QED) is 0.921. The largest absolute Gasteiger partial charge is 0.490 e. The molecule has 2 aliphatic heterocycles. The molecule has 4 nitrogen and oxygen atoms in total. The van der Waals surface area contributed by atoms with E-state index in [0.29, 0.717) is 19.8 Å². The van der Waals surface area contributed by atoms with Crippen molar-refractivity contribution in [3.63, 3.8) is 0 Å². The van der Waals surface area contributed by atoms with Crippen LogP contribution < -0.4 is 9.47 Å². The van der Waals surface area contributed by atoms with E-state index in [4.69, 9.17) is 9.47 Å². The first kappa shape index (κ1) is 13.7. The molecule has 1 N–H and O–H groups in total. The summed E-state index contributed by atoms with van der Waals surface area (Å²) in [6.07, 6.45) is 4.25. The number of likely N-dealkylation sites (tertiary alicyclic amines) is 1. The Labute approximate surface area is 120 Å². The molecule has 1 aromatic rings. The standard InChI is InChI=1S/C16H23NO3/c18-14(12-17-7-2-1-3-8-17)13-5-6-15-16(11-13)20-10-4-9-19-15/h5-6,11,14,18H,1-4,7-10,12H2/t14-/m0/s1. The summed E-state index contributed by atoms with van der Waals surface area (Å²) >= 11 is 0. The van der Waals surface area contributed by atoms with Crippen molar-refractivity contribution in [1.29, 1.82) is 0 Å². The van der Waals surface area contributed by atoms with Crippen molar-refractivity contribution in [3.05, 3.63) is 23.8 Å². The molecule has 2 heterocycles. The van der Waals surface area contributed by atoms with Crippen molar-refractivity contribution < 1.29 is 14.6 Å². The van der Waals surface area contributed by atoms with Crippen molar-refractivity contribution in [3.8, 4) is 11.5 Å². The Morgan fingerprint density at radius 3 is 2.55 bits per heavy atom. The highest BCUT2D eigenvalue weighted by atomic mass is 16.5. The summed E-state index contributed by atoms with van der Waals surface area (Å²) in [6.45, 7) is 4.28. The number of ether oxygens (including phenoxy) is 2. The fourth-order valence-electron chi connectivity index (χ4n) is 2.88. The fraction of sp³-hybridized carbons (Fsp3) is 0.625. The smallest absolute Gasteiger partial charge is 0.161 e. The zero-order chi connectivity index (χ0) is 13.8. The number of fused-ring (bicyclic) bond motifs is 1. The molecule has 0 spiro atoms. The van der Waals surface area contributed by atoms with Crippen molar-refractivity contribution >= 4 is 0 Å². The van der Waals surface area contributed by atoms with Gasteiger partial charge < -0.3 is 19.5 Å². The van der Waals surface area contributed by atoms with Gasteiger partial charge in [-0.2, -0.15) is 0 Å². The van der Waals surface area contributed by atoms with Crippen molar-refractivity contribution in [2.75, 3.05) is 32.8 Å². The molecular formula is C16H23NO3. The summed E-state index contributed by atoms with van der Waals surface area (Å²) in [4.78, 5) is 2.34. The van der Waals surface area contributed by atoms with E-state index in [1.165, 1.54) is 19.3 Å². The van der Waals surface area contributed by atoms with E-state index >= 15 is 0 Å². The van der Waals surface area contributed by atoms with Crippen LogP contribution in [0.5, 0.6) is 11.5 Å². The molecule has 20 heavy (non-hydrogen) atoms. The second-order valence-corrected chi connectivity index (χ2v) is 5.63. The van der Waals surface area contributed by atoms with Gasteiger partial charge in [-0.05, 0) is 43.6 Å². The van der Waals surface area contributed by atoms with Gasteiger partial charge in [0, 0.05) is 13.0 Å². The Morgan fingerprint density at radius 1 is 1.00 bits per heavy atom. The van der Waals surface area contributed by atoms with Gasteiger partial charge in [-0.15, -0.1) is 0 Å². The number of aliphatic hydroxyl groups excluding tert-OH is 1. The van der Waals surface area contributed by atoms with E-state index in [-0.39, 0.29) is 0 Å². The molecule has 4 heteroatoms. The Morgan fingerprint density at radius 2 is 1.75 bits per heavy atom. The number of piperidine rings is 1. The van der Waals surface area contributed by atoms with Crippen molar-refractivity contribution in [2.45, 2.75) is 31.8 Å². The minimum Gasteiger partial charge on any atom is -0.490 e. The van der Waals surface area contributed by atoms with Crippen molar-refractivity contribution in [2.24, 2.45) is 0 Å². The predicted molar refractivity (Wildman–Crippen MR) is 77.3 cm³/mol. The summed E-state index contributed by atoms with van der Waals surface area (Å²) in [6, 6.07) is 5.78. The molecule has 0 aromatic heterocycles. The van der Waals surface area contributed by atoms with Crippen LogP contribution in [-0.2, 0) is 0 Å². The number of nitrogens with zero attached hydrogens (tertiary/aromatic N) is 1. The highest BCUT2D eigenvalue weighted by Gasteiger charge is 2.18. The average molecular weight is 277 g/mol. The van der Waals surface area contributed by atoms with Gasteiger partial charge in [-0.25, -0.2) is 0 Å². The zero-order valence-corrected chi connectivity index (χ0v) is 11.9. The minimum atomic E-state index is -0.453.